The highest BCUT2D eigenvalue weighted by Crippen LogP contribution is 2.37. The molecule has 0 atom stereocenters. The third-order valence-electron chi connectivity index (χ3n) is 7.99. The van der Waals surface area contributed by atoms with Gasteiger partial charge in [-0.25, -0.2) is 34.9 Å². The number of halogens is 4. The number of nitrogens with one attached hydrogen (secondary N) is 4. The highest BCUT2D eigenvalue weighted by Gasteiger charge is 2.18. The summed E-state index contributed by atoms with van der Waals surface area (Å²) in [5.41, 5.74) is 6.53. The molecule has 0 bridgehead atoms. The van der Waals surface area contributed by atoms with Gasteiger partial charge < -0.3 is 20.6 Å². The summed E-state index contributed by atoms with van der Waals surface area (Å²) in [6.45, 7) is 5.71. The zero-order valence-electron chi connectivity index (χ0n) is 29.0. The number of nitrogens with zero attached hydrogens (tertiary/aromatic N) is 9. The third-order valence-corrected chi connectivity index (χ3v) is 9.18. The number of hydrogen-bond donors (Lipinski definition) is 4. The van der Waals surface area contributed by atoms with Gasteiger partial charge in [0.25, 0.3) is 0 Å². The van der Waals surface area contributed by atoms with Gasteiger partial charge in [-0.3, -0.25) is 0 Å². The van der Waals surface area contributed by atoms with Gasteiger partial charge in [-0.1, -0.05) is 46.4 Å². The van der Waals surface area contributed by atoms with Crippen molar-refractivity contribution < 1.29 is 0 Å². The van der Waals surface area contributed by atoms with Gasteiger partial charge in [-0.2, -0.15) is 10.5 Å². The number of imidazole rings is 2. The lowest BCUT2D eigenvalue weighted by molar-refractivity contribution is 1.01. The molecule has 270 valence electrons. The van der Waals surface area contributed by atoms with E-state index in [-0.39, 0.29) is 0 Å². The van der Waals surface area contributed by atoms with Crippen LogP contribution in [0.2, 0.25) is 20.1 Å². The van der Waals surface area contributed by atoms with E-state index in [2.05, 4.69) is 55.5 Å². The first-order valence-corrected chi connectivity index (χ1v) is 17.8. The van der Waals surface area contributed by atoms with Crippen LogP contribution in [-0.2, 0) is 0 Å². The van der Waals surface area contributed by atoms with Crippen LogP contribution >= 0.6 is 46.4 Å². The molecule has 0 saturated heterocycles. The van der Waals surface area contributed by atoms with Crippen LogP contribution in [0.5, 0.6) is 0 Å². The second kappa shape index (κ2) is 15.6. The summed E-state index contributed by atoms with van der Waals surface area (Å²) < 4.78 is 0. The Morgan fingerprint density at radius 1 is 0.564 bits per heavy atom. The molecule has 0 aliphatic carbocycles. The summed E-state index contributed by atoms with van der Waals surface area (Å²) in [5, 5.41) is 25.9. The maximum Gasteiger partial charge on any atom is 0.159 e. The zero-order chi connectivity index (χ0) is 38.8. The average molecular weight is 806 g/mol. The number of anilines is 4. The summed E-state index contributed by atoms with van der Waals surface area (Å²) in [5.74, 6) is 4.05. The van der Waals surface area contributed by atoms with Gasteiger partial charge in [-0.15, -0.1) is 0 Å². The quantitative estimate of drug-likeness (QED) is 0.125. The lowest BCUT2D eigenvalue weighted by Gasteiger charge is -2.06. The van der Waals surface area contributed by atoms with Crippen molar-refractivity contribution in [1.82, 2.24) is 44.9 Å². The summed E-state index contributed by atoms with van der Waals surface area (Å²) in [6, 6.07) is 19.6. The summed E-state index contributed by atoms with van der Waals surface area (Å²) in [7, 11) is 0. The van der Waals surface area contributed by atoms with Crippen molar-refractivity contribution in [2.75, 3.05) is 10.6 Å². The van der Waals surface area contributed by atoms with E-state index in [0.29, 0.717) is 94.1 Å². The van der Waals surface area contributed by atoms with Crippen molar-refractivity contribution in [1.29, 1.82) is 10.5 Å². The molecule has 8 rings (SSSR count). The molecule has 0 fully saturated rings. The minimum Gasteiger partial charge on any atom is -0.338 e. The fourth-order valence-electron chi connectivity index (χ4n) is 5.65. The first-order valence-electron chi connectivity index (χ1n) is 16.3. The molecule has 0 saturated carbocycles. The fraction of sp³-hybridized carbons (Fsp3) is 0.0789. The number of fused-ring (bicyclic) bond motifs is 2. The van der Waals surface area contributed by atoms with Gasteiger partial charge in [0.15, 0.2) is 11.6 Å². The molecule has 0 radical (unpaired) electrons. The van der Waals surface area contributed by atoms with Crippen molar-refractivity contribution in [3.05, 3.63) is 121 Å². The van der Waals surface area contributed by atoms with Crippen LogP contribution in [-0.4, -0.2) is 44.9 Å². The van der Waals surface area contributed by atoms with Crippen molar-refractivity contribution in [2.24, 2.45) is 0 Å². The molecule has 6 aromatic heterocycles. The number of aryl methyl sites for hydroxylation is 3. The molecule has 6 heterocycles. The van der Waals surface area contributed by atoms with Crippen LogP contribution in [0.25, 0.3) is 44.8 Å². The number of rotatable bonds is 6. The van der Waals surface area contributed by atoms with Crippen LogP contribution in [0.3, 0.4) is 0 Å². The standard InChI is InChI=1S/C19H13Cl2N7.C19H12Cl2N6/c1-9-5-15(25-10(2)24-9)27-19-17-14(3-4-23-19)26-18(28-17)16-12(20)6-11(8-22)7-13(16)21;1-10-2-4-23-15(6-10)26-19-17-14(3-5-24-19)25-18(27-17)16-12(20)7-11(9-22)8-13(16)21/h3-7H,1-2H3,(H,26,28)(H,23,24,25,27);2-8H,1H3,(H,25,27)(H,23,24,26). The number of pyridine rings is 3. The molecule has 0 unspecified atom stereocenters. The second-order valence-corrected chi connectivity index (χ2v) is 13.7. The lowest BCUT2D eigenvalue weighted by atomic mass is 10.1. The van der Waals surface area contributed by atoms with E-state index in [1.807, 2.05) is 57.2 Å². The molecule has 0 aliphatic heterocycles. The monoisotopic (exact) mass is 803 g/mol. The Hall–Kier alpha value is -6.35. The van der Waals surface area contributed by atoms with Crippen LogP contribution < -0.4 is 10.6 Å². The van der Waals surface area contributed by atoms with Crippen molar-refractivity contribution >= 4 is 91.7 Å². The van der Waals surface area contributed by atoms with Crippen LogP contribution in [0.4, 0.5) is 23.3 Å². The van der Waals surface area contributed by atoms with E-state index in [0.717, 1.165) is 22.3 Å². The van der Waals surface area contributed by atoms with E-state index >= 15 is 0 Å². The van der Waals surface area contributed by atoms with E-state index in [1.165, 1.54) is 0 Å². The van der Waals surface area contributed by atoms with Gasteiger partial charge >= 0.3 is 0 Å². The molecule has 4 N–H and O–H groups in total. The maximum atomic E-state index is 9.06. The molecule has 0 spiro atoms. The van der Waals surface area contributed by atoms with Crippen LogP contribution in [0.1, 0.15) is 28.2 Å². The number of nitriles is 2. The molecule has 0 amide bonds. The fourth-order valence-corrected chi connectivity index (χ4v) is 6.98. The summed E-state index contributed by atoms with van der Waals surface area (Å²) in [6.07, 6.45) is 5.06. The summed E-state index contributed by atoms with van der Waals surface area (Å²) >= 11 is 25.3. The predicted octanol–water partition coefficient (Wildman–Crippen LogP) is 10.2. The Morgan fingerprint density at radius 2 is 1.04 bits per heavy atom. The zero-order valence-corrected chi connectivity index (χ0v) is 32.0. The van der Waals surface area contributed by atoms with E-state index < -0.39 is 0 Å². The minimum absolute atomic E-state index is 0.340. The highest BCUT2D eigenvalue weighted by molar-refractivity contribution is 6.40. The normalized spacial score (nSPS) is 10.8. The maximum absolute atomic E-state index is 9.06. The van der Waals surface area contributed by atoms with Gasteiger partial charge in [0.2, 0.25) is 0 Å². The molecule has 13 nitrogen and oxygen atoms in total. The number of benzene rings is 2. The second-order valence-electron chi connectivity index (χ2n) is 12.0. The molecule has 8 aromatic rings. The Balaban J connectivity index is 0.000000169. The first-order chi connectivity index (χ1) is 26.5. The van der Waals surface area contributed by atoms with E-state index in [4.69, 9.17) is 56.9 Å². The molecule has 0 aliphatic rings. The van der Waals surface area contributed by atoms with Crippen molar-refractivity contribution in [2.45, 2.75) is 20.8 Å². The van der Waals surface area contributed by atoms with Crippen molar-refractivity contribution in [3.63, 3.8) is 0 Å². The Morgan fingerprint density at radius 3 is 1.49 bits per heavy atom. The van der Waals surface area contributed by atoms with Gasteiger partial charge in [0.1, 0.15) is 40.1 Å². The Kier molecular flexibility index (Phi) is 10.5. The van der Waals surface area contributed by atoms with E-state index in [1.54, 1.807) is 48.9 Å². The smallest absolute Gasteiger partial charge is 0.159 e. The number of aromatic amines is 2. The molecular weight excluding hydrogens is 780 g/mol. The Bertz CT molecular complexity index is 2790. The first kappa shape index (κ1) is 37.0. The molecule has 17 heteroatoms. The van der Waals surface area contributed by atoms with E-state index in [9.17, 15) is 0 Å². The SMILES string of the molecule is Cc1cc(Nc2nccc3[nH]c(-c4c(Cl)cc(C#N)cc4Cl)nc23)nc(C)n1.Cc1ccnc(Nc2nccc3[nH]c(-c4c(Cl)cc(C#N)cc4Cl)nc23)c1. The number of H-pyrrole nitrogens is 2. The lowest BCUT2D eigenvalue weighted by Crippen LogP contribution is -2.00. The van der Waals surface area contributed by atoms with Gasteiger partial charge in [0.05, 0.1) is 65.5 Å². The van der Waals surface area contributed by atoms with Gasteiger partial charge in [-0.05, 0) is 74.9 Å². The number of hydrogen-bond acceptors (Lipinski definition) is 11. The summed E-state index contributed by atoms with van der Waals surface area (Å²) in [4.78, 5) is 37.3. The van der Waals surface area contributed by atoms with Crippen molar-refractivity contribution in [3.8, 4) is 34.9 Å². The highest BCUT2D eigenvalue weighted by atomic mass is 35.5. The average Bonchev–Trinajstić information content (AvgIpc) is 3.77. The van der Waals surface area contributed by atoms with Crippen LogP contribution in [0, 0.1) is 43.4 Å². The largest absolute Gasteiger partial charge is 0.338 e. The van der Waals surface area contributed by atoms with Crippen LogP contribution in [0.15, 0.2) is 73.2 Å². The van der Waals surface area contributed by atoms with Gasteiger partial charge in [0, 0.05) is 30.4 Å². The predicted molar refractivity (Wildman–Crippen MR) is 215 cm³/mol. The third kappa shape index (κ3) is 7.97. The molecular formula is C38H25Cl4N13. The molecule has 55 heavy (non-hydrogen) atoms. The number of aromatic nitrogens is 9. The Labute approximate surface area is 333 Å². The topological polar surface area (TPSA) is 193 Å². The molecule has 2 aromatic carbocycles. The minimum atomic E-state index is 0.340.